The zero-order chi connectivity index (χ0) is 21.6. The molecule has 0 aromatic heterocycles. The largest absolute Gasteiger partial charge is 0.449 e. The van der Waals surface area contributed by atoms with Gasteiger partial charge in [0.1, 0.15) is 0 Å². The lowest BCUT2D eigenvalue weighted by molar-refractivity contribution is -0.129. The Balaban J connectivity index is 2.21. The number of esters is 1. The van der Waals surface area contributed by atoms with Crippen LogP contribution in [0.1, 0.15) is 30.6 Å². The predicted molar refractivity (Wildman–Crippen MR) is 112 cm³/mol. The van der Waals surface area contributed by atoms with E-state index in [1.165, 1.54) is 44.3 Å². The monoisotopic (exact) mass is 438 g/mol. The van der Waals surface area contributed by atoms with Crippen LogP contribution in [-0.4, -0.2) is 40.0 Å². The molecule has 2 rings (SSSR count). The van der Waals surface area contributed by atoms with Gasteiger partial charge in [0.2, 0.25) is 0 Å². The van der Waals surface area contributed by atoms with Gasteiger partial charge in [0.25, 0.3) is 15.9 Å². The molecule has 0 saturated heterocycles. The quantitative estimate of drug-likeness (QED) is 0.638. The second-order valence-electron chi connectivity index (χ2n) is 6.32. The molecular formula is C20H23ClN2O5S. The van der Waals surface area contributed by atoms with Crippen LogP contribution in [0.2, 0.25) is 5.02 Å². The van der Waals surface area contributed by atoms with Crippen LogP contribution in [0.5, 0.6) is 0 Å². The van der Waals surface area contributed by atoms with E-state index in [1.807, 2.05) is 6.92 Å². The van der Waals surface area contributed by atoms with Crippen molar-refractivity contribution in [2.45, 2.75) is 31.3 Å². The third kappa shape index (κ3) is 5.71. The molecule has 0 saturated carbocycles. The number of nitrogens with zero attached hydrogens (tertiary/aromatic N) is 1. The van der Waals surface area contributed by atoms with Crippen molar-refractivity contribution < 1.29 is 22.7 Å². The molecular weight excluding hydrogens is 416 g/mol. The van der Waals surface area contributed by atoms with Crippen LogP contribution in [0.15, 0.2) is 53.4 Å². The Morgan fingerprint density at radius 2 is 1.86 bits per heavy atom. The molecule has 0 heterocycles. The number of halogens is 1. The standard InChI is InChI=1S/C20H23ClN2O5S/c1-4-11-22-19(24)14(2)28-20(25)15-7-5-10-18(12-15)29(26,27)23(3)17-9-6-8-16(21)13-17/h5-10,12-14H,4,11H2,1-3H3,(H,22,24). The highest BCUT2D eigenvalue weighted by molar-refractivity contribution is 7.92. The van der Waals surface area contributed by atoms with Gasteiger partial charge < -0.3 is 10.1 Å². The summed E-state index contributed by atoms with van der Waals surface area (Å²) in [5, 5.41) is 3.03. The van der Waals surface area contributed by atoms with Gasteiger partial charge in [-0.15, -0.1) is 0 Å². The topological polar surface area (TPSA) is 92.8 Å². The number of rotatable bonds is 8. The zero-order valence-corrected chi connectivity index (χ0v) is 18.0. The lowest BCUT2D eigenvalue weighted by Crippen LogP contribution is -2.36. The number of hydrogen-bond acceptors (Lipinski definition) is 5. The number of anilines is 1. The van der Waals surface area contributed by atoms with E-state index < -0.39 is 28.0 Å². The number of benzene rings is 2. The summed E-state index contributed by atoms with van der Waals surface area (Å²) >= 11 is 5.94. The molecule has 2 aromatic rings. The van der Waals surface area contributed by atoms with E-state index in [0.29, 0.717) is 17.3 Å². The Kier molecular flexibility index (Phi) is 7.64. The van der Waals surface area contributed by atoms with E-state index in [0.717, 1.165) is 10.7 Å². The zero-order valence-electron chi connectivity index (χ0n) is 16.4. The van der Waals surface area contributed by atoms with Gasteiger partial charge in [-0.05, 0) is 49.7 Å². The van der Waals surface area contributed by atoms with Gasteiger partial charge in [-0.3, -0.25) is 9.10 Å². The Morgan fingerprint density at radius 1 is 1.17 bits per heavy atom. The van der Waals surface area contributed by atoms with Crippen LogP contribution in [0.25, 0.3) is 0 Å². The second kappa shape index (κ2) is 9.76. The molecule has 156 valence electrons. The van der Waals surface area contributed by atoms with Crippen LogP contribution in [0.4, 0.5) is 5.69 Å². The minimum atomic E-state index is -3.93. The number of amides is 1. The van der Waals surface area contributed by atoms with E-state index in [-0.39, 0.29) is 10.5 Å². The van der Waals surface area contributed by atoms with Crippen molar-refractivity contribution in [3.8, 4) is 0 Å². The highest BCUT2D eigenvalue weighted by Gasteiger charge is 2.24. The first-order valence-corrected chi connectivity index (χ1v) is 10.8. The first-order chi connectivity index (χ1) is 13.7. The summed E-state index contributed by atoms with van der Waals surface area (Å²) in [7, 11) is -2.54. The lowest BCUT2D eigenvalue weighted by Gasteiger charge is -2.20. The molecule has 0 fully saturated rings. The van der Waals surface area contributed by atoms with E-state index in [2.05, 4.69) is 5.32 Å². The van der Waals surface area contributed by atoms with Crippen LogP contribution >= 0.6 is 11.6 Å². The predicted octanol–water partition coefficient (Wildman–Crippen LogP) is 3.24. The molecule has 1 unspecified atom stereocenters. The van der Waals surface area contributed by atoms with Crippen molar-refractivity contribution in [2.75, 3.05) is 17.9 Å². The summed E-state index contributed by atoms with van der Waals surface area (Å²) < 4.78 is 32.1. The van der Waals surface area contributed by atoms with Crippen LogP contribution < -0.4 is 9.62 Å². The average Bonchev–Trinajstić information content (AvgIpc) is 2.71. The molecule has 29 heavy (non-hydrogen) atoms. The summed E-state index contributed by atoms with van der Waals surface area (Å²) in [5.41, 5.74) is 0.410. The van der Waals surface area contributed by atoms with Gasteiger partial charge in [0, 0.05) is 18.6 Å². The second-order valence-corrected chi connectivity index (χ2v) is 8.72. The molecule has 9 heteroatoms. The van der Waals surface area contributed by atoms with Crippen molar-refractivity contribution in [1.29, 1.82) is 0 Å². The highest BCUT2D eigenvalue weighted by atomic mass is 35.5. The molecule has 0 spiro atoms. The summed E-state index contributed by atoms with van der Waals surface area (Å²) in [4.78, 5) is 24.2. The first-order valence-electron chi connectivity index (χ1n) is 9.00. The van der Waals surface area contributed by atoms with E-state index in [1.54, 1.807) is 18.2 Å². The molecule has 1 amide bonds. The van der Waals surface area contributed by atoms with E-state index in [9.17, 15) is 18.0 Å². The molecule has 0 aliphatic heterocycles. The van der Waals surface area contributed by atoms with Gasteiger partial charge in [-0.1, -0.05) is 30.7 Å². The molecule has 2 aromatic carbocycles. The molecule has 1 atom stereocenters. The van der Waals surface area contributed by atoms with Crippen molar-refractivity contribution >= 4 is 39.2 Å². The Bertz CT molecular complexity index is 994. The normalized spacial score (nSPS) is 12.1. The van der Waals surface area contributed by atoms with Gasteiger partial charge in [-0.2, -0.15) is 0 Å². The first kappa shape index (κ1) is 22.7. The fourth-order valence-electron chi connectivity index (χ4n) is 2.43. The smallest absolute Gasteiger partial charge is 0.338 e. The number of carbonyl (C=O) groups excluding carboxylic acids is 2. The Hall–Kier alpha value is -2.58. The van der Waals surface area contributed by atoms with Crippen molar-refractivity contribution in [3.05, 3.63) is 59.1 Å². The number of carbonyl (C=O) groups is 2. The molecule has 0 aliphatic carbocycles. The van der Waals surface area contributed by atoms with Crippen molar-refractivity contribution in [3.63, 3.8) is 0 Å². The summed E-state index contributed by atoms with van der Waals surface area (Å²) in [6.07, 6.45) is -0.240. The summed E-state index contributed by atoms with van der Waals surface area (Å²) in [5.74, 6) is -1.20. The maximum atomic E-state index is 12.9. The summed E-state index contributed by atoms with van der Waals surface area (Å²) in [6.45, 7) is 3.84. The average molecular weight is 439 g/mol. The van der Waals surface area contributed by atoms with Crippen LogP contribution in [0.3, 0.4) is 0 Å². The van der Waals surface area contributed by atoms with Crippen LogP contribution in [-0.2, 0) is 19.6 Å². The summed E-state index contributed by atoms with van der Waals surface area (Å²) in [6, 6.07) is 11.9. The lowest BCUT2D eigenvalue weighted by atomic mass is 10.2. The fraction of sp³-hybridized carbons (Fsp3) is 0.300. The van der Waals surface area contributed by atoms with Crippen molar-refractivity contribution in [2.24, 2.45) is 0 Å². The SMILES string of the molecule is CCCNC(=O)C(C)OC(=O)c1cccc(S(=O)(=O)N(C)c2cccc(Cl)c2)c1. The van der Waals surface area contributed by atoms with E-state index in [4.69, 9.17) is 16.3 Å². The van der Waals surface area contributed by atoms with Crippen LogP contribution in [0, 0.1) is 0 Å². The maximum absolute atomic E-state index is 12.9. The molecule has 0 aliphatic rings. The number of hydrogen-bond donors (Lipinski definition) is 1. The number of ether oxygens (including phenoxy) is 1. The highest BCUT2D eigenvalue weighted by Crippen LogP contribution is 2.25. The number of sulfonamides is 1. The van der Waals surface area contributed by atoms with Gasteiger partial charge in [-0.25, -0.2) is 13.2 Å². The Labute approximate surface area is 175 Å². The van der Waals surface area contributed by atoms with Crippen molar-refractivity contribution in [1.82, 2.24) is 5.32 Å². The number of nitrogens with one attached hydrogen (secondary N) is 1. The maximum Gasteiger partial charge on any atom is 0.338 e. The molecule has 7 nitrogen and oxygen atoms in total. The molecule has 0 radical (unpaired) electrons. The van der Waals surface area contributed by atoms with Gasteiger partial charge in [0.15, 0.2) is 6.10 Å². The third-order valence-electron chi connectivity index (χ3n) is 4.10. The van der Waals surface area contributed by atoms with E-state index >= 15 is 0 Å². The third-order valence-corrected chi connectivity index (χ3v) is 6.12. The molecule has 0 bridgehead atoms. The molecule has 1 N–H and O–H groups in total. The minimum absolute atomic E-state index is 0.0284. The Morgan fingerprint density at radius 3 is 2.52 bits per heavy atom. The fourth-order valence-corrected chi connectivity index (χ4v) is 3.84. The van der Waals surface area contributed by atoms with Gasteiger partial charge in [0.05, 0.1) is 16.1 Å². The minimum Gasteiger partial charge on any atom is -0.449 e. The van der Waals surface area contributed by atoms with Gasteiger partial charge >= 0.3 is 5.97 Å².